The third kappa shape index (κ3) is 4.60. The van der Waals surface area contributed by atoms with Gasteiger partial charge in [-0.3, -0.25) is 9.59 Å². The lowest BCUT2D eigenvalue weighted by atomic mass is 10.1. The van der Waals surface area contributed by atoms with Crippen LogP contribution >= 0.6 is 23.4 Å². The lowest BCUT2D eigenvalue weighted by molar-refractivity contribution is -0.133. The fraction of sp³-hybridized carbons (Fsp3) is 0.391. The molecule has 30 heavy (non-hydrogen) atoms. The van der Waals surface area contributed by atoms with Gasteiger partial charge < -0.3 is 14.7 Å². The van der Waals surface area contributed by atoms with Gasteiger partial charge >= 0.3 is 0 Å². The van der Waals surface area contributed by atoms with Gasteiger partial charge in [-0.05, 0) is 36.8 Å². The molecule has 0 radical (unpaired) electrons. The Balaban J connectivity index is 1.29. The van der Waals surface area contributed by atoms with E-state index >= 15 is 0 Å². The van der Waals surface area contributed by atoms with Crippen molar-refractivity contribution in [3.63, 3.8) is 0 Å². The van der Waals surface area contributed by atoms with Crippen LogP contribution < -0.4 is 9.80 Å². The molecule has 0 saturated carbocycles. The second-order valence-electron chi connectivity index (χ2n) is 7.66. The summed E-state index contributed by atoms with van der Waals surface area (Å²) < 4.78 is 0. The number of rotatable bonds is 4. The van der Waals surface area contributed by atoms with Gasteiger partial charge in [0.1, 0.15) is 0 Å². The summed E-state index contributed by atoms with van der Waals surface area (Å²) in [5.41, 5.74) is 3.29. The van der Waals surface area contributed by atoms with Crippen molar-refractivity contribution >= 4 is 46.6 Å². The van der Waals surface area contributed by atoms with E-state index < -0.39 is 0 Å². The van der Waals surface area contributed by atoms with Gasteiger partial charge in [0.25, 0.3) is 0 Å². The third-order valence-corrected chi connectivity index (χ3v) is 7.00. The van der Waals surface area contributed by atoms with Crippen molar-refractivity contribution in [2.75, 3.05) is 48.3 Å². The van der Waals surface area contributed by atoms with Crippen molar-refractivity contribution in [2.45, 2.75) is 24.7 Å². The Morgan fingerprint density at radius 3 is 2.47 bits per heavy atom. The van der Waals surface area contributed by atoms with E-state index in [-0.39, 0.29) is 24.7 Å². The van der Waals surface area contributed by atoms with Crippen LogP contribution in [0.25, 0.3) is 0 Å². The number of hydrogen-bond donors (Lipinski definition) is 0. The standard InChI is InChI=1S/C23H26ClN3O2S/c1-17-6-7-18(24)16-20(17)25-10-12-26(13-11-25)22(28)8-9-23(29)27-14-15-30-21-5-3-2-4-19(21)27/h2-7,16H,8-15H2,1H3. The summed E-state index contributed by atoms with van der Waals surface area (Å²) in [4.78, 5) is 32.6. The Morgan fingerprint density at radius 2 is 1.67 bits per heavy atom. The molecule has 0 aliphatic carbocycles. The molecule has 2 amide bonds. The summed E-state index contributed by atoms with van der Waals surface area (Å²) in [6.07, 6.45) is 0.520. The van der Waals surface area contributed by atoms with Crippen molar-refractivity contribution in [2.24, 2.45) is 0 Å². The summed E-state index contributed by atoms with van der Waals surface area (Å²) in [6.45, 7) is 5.66. The highest BCUT2D eigenvalue weighted by Crippen LogP contribution is 2.34. The van der Waals surface area contributed by atoms with Crippen LogP contribution in [0, 0.1) is 6.92 Å². The van der Waals surface area contributed by atoms with Gasteiger partial charge in [0, 0.05) is 66.9 Å². The van der Waals surface area contributed by atoms with Crippen LogP contribution in [0.4, 0.5) is 11.4 Å². The van der Waals surface area contributed by atoms with Gasteiger partial charge in [-0.2, -0.15) is 0 Å². The van der Waals surface area contributed by atoms with Crippen LogP contribution in [0.3, 0.4) is 0 Å². The second kappa shape index (κ2) is 9.31. The van der Waals surface area contributed by atoms with E-state index in [0.717, 1.165) is 40.1 Å². The van der Waals surface area contributed by atoms with Crippen molar-refractivity contribution in [3.05, 3.63) is 53.1 Å². The topological polar surface area (TPSA) is 43.9 Å². The highest BCUT2D eigenvalue weighted by atomic mass is 35.5. The van der Waals surface area contributed by atoms with Gasteiger partial charge in [0.15, 0.2) is 0 Å². The normalized spacial score (nSPS) is 16.4. The highest BCUT2D eigenvalue weighted by Gasteiger charge is 2.26. The van der Waals surface area contributed by atoms with Crippen LogP contribution in [0.2, 0.25) is 5.02 Å². The van der Waals surface area contributed by atoms with Gasteiger partial charge in [0.05, 0.1) is 5.69 Å². The zero-order chi connectivity index (χ0) is 21.1. The molecular weight excluding hydrogens is 418 g/mol. The number of amides is 2. The molecule has 2 heterocycles. The Hall–Kier alpha value is -2.18. The Morgan fingerprint density at radius 1 is 0.933 bits per heavy atom. The SMILES string of the molecule is Cc1ccc(Cl)cc1N1CCN(C(=O)CCC(=O)N2CCSc3ccccc32)CC1. The molecule has 2 aromatic rings. The minimum Gasteiger partial charge on any atom is -0.368 e. The van der Waals surface area contributed by atoms with Crippen molar-refractivity contribution in [1.29, 1.82) is 0 Å². The molecule has 158 valence electrons. The monoisotopic (exact) mass is 443 g/mol. The number of piperazine rings is 1. The number of para-hydroxylation sites is 1. The van der Waals surface area contributed by atoms with Crippen LogP contribution in [0.5, 0.6) is 0 Å². The second-order valence-corrected chi connectivity index (χ2v) is 9.23. The van der Waals surface area contributed by atoms with E-state index in [1.54, 1.807) is 11.8 Å². The number of carbonyl (C=O) groups excluding carboxylic acids is 2. The quantitative estimate of drug-likeness (QED) is 0.709. The molecule has 0 bridgehead atoms. The number of halogens is 1. The fourth-order valence-corrected chi connectivity index (χ4v) is 5.22. The van der Waals surface area contributed by atoms with Gasteiger partial charge in [-0.15, -0.1) is 11.8 Å². The first kappa shape index (κ1) is 21.1. The maximum atomic E-state index is 12.8. The largest absolute Gasteiger partial charge is 0.368 e. The molecule has 1 saturated heterocycles. The van der Waals surface area contributed by atoms with E-state index in [1.807, 2.05) is 52.3 Å². The summed E-state index contributed by atoms with van der Waals surface area (Å²) in [7, 11) is 0. The smallest absolute Gasteiger partial charge is 0.227 e. The molecule has 0 N–H and O–H groups in total. The number of thioether (sulfide) groups is 1. The average Bonchev–Trinajstić information content (AvgIpc) is 2.78. The van der Waals surface area contributed by atoms with Gasteiger partial charge in [0.2, 0.25) is 11.8 Å². The first-order valence-electron chi connectivity index (χ1n) is 10.3. The van der Waals surface area contributed by atoms with E-state index in [1.165, 1.54) is 5.56 Å². The van der Waals surface area contributed by atoms with Crippen LogP contribution in [-0.2, 0) is 9.59 Å². The molecule has 5 nitrogen and oxygen atoms in total. The summed E-state index contributed by atoms with van der Waals surface area (Å²) in [5, 5.41) is 0.727. The van der Waals surface area contributed by atoms with Crippen LogP contribution in [-0.4, -0.2) is 55.2 Å². The zero-order valence-electron chi connectivity index (χ0n) is 17.1. The van der Waals surface area contributed by atoms with Crippen molar-refractivity contribution in [1.82, 2.24) is 4.90 Å². The molecule has 0 unspecified atom stereocenters. The number of hydrogen-bond acceptors (Lipinski definition) is 4. The molecule has 1 fully saturated rings. The molecule has 2 aliphatic rings. The number of nitrogens with zero attached hydrogens (tertiary/aromatic N) is 3. The van der Waals surface area contributed by atoms with Crippen molar-refractivity contribution < 1.29 is 9.59 Å². The third-order valence-electron chi connectivity index (χ3n) is 5.73. The number of benzene rings is 2. The minimum atomic E-state index is 0.0317. The Labute approximate surface area is 187 Å². The molecule has 2 aliphatic heterocycles. The number of anilines is 2. The van der Waals surface area contributed by atoms with Crippen molar-refractivity contribution in [3.8, 4) is 0 Å². The van der Waals surface area contributed by atoms with E-state index in [9.17, 15) is 9.59 Å². The molecule has 4 rings (SSSR count). The lowest BCUT2D eigenvalue weighted by Gasteiger charge is -2.37. The summed E-state index contributed by atoms with van der Waals surface area (Å²) in [5.74, 6) is 0.983. The highest BCUT2D eigenvalue weighted by molar-refractivity contribution is 7.99. The van der Waals surface area contributed by atoms with Gasteiger partial charge in [-0.1, -0.05) is 29.8 Å². The van der Waals surface area contributed by atoms with E-state index in [4.69, 9.17) is 11.6 Å². The fourth-order valence-electron chi connectivity index (χ4n) is 4.06. The van der Waals surface area contributed by atoms with Gasteiger partial charge in [-0.25, -0.2) is 0 Å². The summed E-state index contributed by atoms with van der Waals surface area (Å²) >= 11 is 7.93. The molecule has 0 spiro atoms. The van der Waals surface area contributed by atoms with E-state index in [2.05, 4.69) is 11.8 Å². The van der Waals surface area contributed by atoms with E-state index in [0.29, 0.717) is 19.6 Å². The Kier molecular flexibility index (Phi) is 6.54. The predicted octanol–water partition coefficient (Wildman–Crippen LogP) is 4.22. The maximum absolute atomic E-state index is 12.8. The average molecular weight is 444 g/mol. The summed E-state index contributed by atoms with van der Waals surface area (Å²) in [6, 6.07) is 13.9. The molecule has 2 aromatic carbocycles. The first-order valence-corrected chi connectivity index (χ1v) is 11.7. The Bertz CT molecular complexity index is 944. The molecule has 7 heteroatoms. The van der Waals surface area contributed by atoms with Crippen LogP contribution in [0.1, 0.15) is 18.4 Å². The lowest BCUT2D eigenvalue weighted by Crippen LogP contribution is -2.49. The number of fused-ring (bicyclic) bond motifs is 1. The number of aryl methyl sites for hydroxylation is 1. The number of carbonyl (C=O) groups is 2. The molecular formula is C23H26ClN3O2S. The molecule has 0 aromatic heterocycles. The minimum absolute atomic E-state index is 0.0317. The first-order chi connectivity index (χ1) is 14.5. The predicted molar refractivity (Wildman–Crippen MR) is 124 cm³/mol. The van der Waals surface area contributed by atoms with Crippen LogP contribution in [0.15, 0.2) is 47.4 Å². The maximum Gasteiger partial charge on any atom is 0.227 e. The molecule has 0 atom stereocenters. The zero-order valence-corrected chi connectivity index (χ0v) is 18.7.